The van der Waals surface area contributed by atoms with Crippen molar-refractivity contribution >= 4 is 12.3 Å². The Kier molecular flexibility index (Phi) is 37.5. The molecule has 0 amide bonds. The molecule has 0 atom stereocenters. The summed E-state index contributed by atoms with van der Waals surface area (Å²) in [5, 5.41) is 8.51. The fourth-order valence-electron chi connectivity index (χ4n) is 4.29. The lowest BCUT2D eigenvalue weighted by atomic mass is 10.1. The van der Waals surface area contributed by atoms with E-state index in [-0.39, 0.29) is 0 Å². The summed E-state index contributed by atoms with van der Waals surface area (Å²) in [6.07, 6.45) is 41.9. The van der Waals surface area contributed by atoms with E-state index in [9.17, 15) is 9.59 Å². The molecule has 0 radical (unpaired) electrons. The third kappa shape index (κ3) is 42.0. The number of unbranched alkanes of at least 4 members (excludes halogenated alkanes) is 21. The first-order valence-corrected chi connectivity index (χ1v) is 16.1. The molecule has 0 aromatic carbocycles. The lowest BCUT2D eigenvalue weighted by molar-refractivity contribution is -0.137. The fraction of sp³-hybridized carbons (Fsp3) is 0.824. The summed E-state index contributed by atoms with van der Waals surface area (Å²) in [4.78, 5) is 20.4. The molecule has 0 aliphatic heterocycles. The Hall–Kier alpha value is -1.38. The summed E-state index contributed by atoms with van der Waals surface area (Å²) in [5.74, 6) is -0.664. The SMILES string of the molecule is CCCCCCCC/C=C\CCCCCC=O.CCCCCCCC/C=C\CCCCCCCC(=O)O. The predicted molar refractivity (Wildman–Crippen MR) is 163 cm³/mol. The summed E-state index contributed by atoms with van der Waals surface area (Å²) in [7, 11) is 0. The van der Waals surface area contributed by atoms with Gasteiger partial charge in [0.15, 0.2) is 0 Å². The number of carbonyl (C=O) groups excluding carboxylic acids is 1. The molecule has 3 nitrogen and oxygen atoms in total. The largest absolute Gasteiger partial charge is 0.481 e. The summed E-state index contributed by atoms with van der Waals surface area (Å²) >= 11 is 0. The second-order valence-electron chi connectivity index (χ2n) is 10.6. The van der Waals surface area contributed by atoms with Crippen LogP contribution in [0.4, 0.5) is 0 Å². The van der Waals surface area contributed by atoms with Crippen LogP contribution in [-0.2, 0) is 9.59 Å². The van der Waals surface area contributed by atoms with Crippen LogP contribution >= 0.6 is 0 Å². The van der Waals surface area contributed by atoms with E-state index in [0.717, 1.165) is 32.0 Å². The molecule has 0 rings (SSSR count). The third-order valence-electron chi connectivity index (χ3n) is 6.74. The molecule has 0 saturated carbocycles. The number of aliphatic carboxylic acids is 1. The van der Waals surface area contributed by atoms with Crippen molar-refractivity contribution in [2.24, 2.45) is 0 Å². The van der Waals surface area contributed by atoms with Crippen molar-refractivity contribution in [3.63, 3.8) is 0 Å². The molecular weight excluding hydrogens is 456 g/mol. The van der Waals surface area contributed by atoms with Crippen LogP contribution in [0, 0.1) is 0 Å². The Morgan fingerprint density at radius 3 is 1.11 bits per heavy atom. The average Bonchev–Trinajstić information content (AvgIpc) is 2.89. The molecule has 0 aromatic rings. The zero-order valence-corrected chi connectivity index (χ0v) is 25.0. The van der Waals surface area contributed by atoms with Crippen LogP contribution in [0.5, 0.6) is 0 Å². The Morgan fingerprint density at radius 1 is 0.459 bits per heavy atom. The highest BCUT2D eigenvalue weighted by Crippen LogP contribution is 2.10. The summed E-state index contributed by atoms with van der Waals surface area (Å²) in [6, 6.07) is 0. The molecular formula is C34H64O3. The van der Waals surface area contributed by atoms with E-state index in [1.54, 1.807) is 0 Å². The minimum absolute atomic E-state index is 0.332. The van der Waals surface area contributed by atoms with Crippen LogP contribution < -0.4 is 0 Å². The van der Waals surface area contributed by atoms with Gasteiger partial charge in [0.25, 0.3) is 0 Å². The fourth-order valence-corrected chi connectivity index (χ4v) is 4.29. The van der Waals surface area contributed by atoms with Crippen molar-refractivity contribution in [2.75, 3.05) is 0 Å². The van der Waals surface area contributed by atoms with E-state index in [2.05, 4.69) is 38.2 Å². The third-order valence-corrected chi connectivity index (χ3v) is 6.74. The molecule has 0 fully saturated rings. The Morgan fingerprint density at radius 2 is 0.757 bits per heavy atom. The molecule has 3 heteroatoms. The highest BCUT2D eigenvalue weighted by molar-refractivity contribution is 5.66. The normalized spacial score (nSPS) is 11.2. The topological polar surface area (TPSA) is 54.4 Å². The van der Waals surface area contributed by atoms with E-state index in [1.807, 2.05) is 0 Å². The van der Waals surface area contributed by atoms with Crippen LogP contribution in [0.15, 0.2) is 24.3 Å². The summed E-state index contributed by atoms with van der Waals surface area (Å²) in [6.45, 7) is 4.52. The molecule has 0 spiro atoms. The quantitative estimate of drug-likeness (QED) is 0.0634. The van der Waals surface area contributed by atoms with Gasteiger partial charge in [0.1, 0.15) is 6.29 Å². The molecule has 0 bridgehead atoms. The smallest absolute Gasteiger partial charge is 0.303 e. The Balaban J connectivity index is 0. The van der Waals surface area contributed by atoms with Gasteiger partial charge in [-0.3, -0.25) is 4.79 Å². The number of aldehydes is 1. The minimum Gasteiger partial charge on any atom is -0.481 e. The summed E-state index contributed by atoms with van der Waals surface area (Å²) < 4.78 is 0. The maximum absolute atomic E-state index is 10.3. The molecule has 218 valence electrons. The van der Waals surface area contributed by atoms with Gasteiger partial charge in [0, 0.05) is 12.8 Å². The standard InChI is InChI=1S/C18H34O2.C16H30O/c1-2-3-4-5-6-7-8-9-10-11-12-13-14-15-16-17-18(19)20;1-2-3-4-5-6-7-8-9-10-11-12-13-14-15-16-17/h9-10H,2-8,11-17H2,1H3,(H,19,20);9-10,16H,2-8,11-15H2,1H3/b2*10-9-. The second kappa shape index (κ2) is 36.8. The first-order valence-electron chi connectivity index (χ1n) is 16.1. The van der Waals surface area contributed by atoms with Crippen molar-refractivity contribution in [1.29, 1.82) is 0 Å². The van der Waals surface area contributed by atoms with Crippen molar-refractivity contribution in [3.8, 4) is 0 Å². The van der Waals surface area contributed by atoms with Crippen molar-refractivity contribution in [3.05, 3.63) is 24.3 Å². The van der Waals surface area contributed by atoms with Gasteiger partial charge in [0.2, 0.25) is 0 Å². The van der Waals surface area contributed by atoms with Crippen molar-refractivity contribution in [1.82, 2.24) is 0 Å². The molecule has 0 aliphatic rings. The zero-order chi connectivity index (χ0) is 27.5. The Bertz CT molecular complexity index is 495. The Labute approximate surface area is 232 Å². The average molecular weight is 521 g/mol. The maximum Gasteiger partial charge on any atom is 0.303 e. The highest BCUT2D eigenvalue weighted by Gasteiger charge is 1.96. The van der Waals surface area contributed by atoms with E-state index in [1.165, 1.54) is 135 Å². The zero-order valence-electron chi connectivity index (χ0n) is 25.0. The number of allylic oxidation sites excluding steroid dienone is 4. The van der Waals surface area contributed by atoms with Gasteiger partial charge in [-0.1, -0.05) is 128 Å². The molecule has 0 unspecified atom stereocenters. The van der Waals surface area contributed by atoms with E-state index in [0.29, 0.717) is 6.42 Å². The van der Waals surface area contributed by atoms with Gasteiger partial charge in [0.05, 0.1) is 0 Å². The molecule has 1 N–H and O–H groups in total. The monoisotopic (exact) mass is 520 g/mol. The van der Waals surface area contributed by atoms with E-state index >= 15 is 0 Å². The van der Waals surface area contributed by atoms with Crippen LogP contribution in [0.2, 0.25) is 0 Å². The first kappa shape index (κ1) is 37.8. The van der Waals surface area contributed by atoms with Gasteiger partial charge in [-0.15, -0.1) is 0 Å². The van der Waals surface area contributed by atoms with Gasteiger partial charge < -0.3 is 9.90 Å². The number of carbonyl (C=O) groups is 2. The number of hydrogen-bond acceptors (Lipinski definition) is 2. The van der Waals surface area contributed by atoms with Gasteiger partial charge in [-0.2, -0.15) is 0 Å². The number of rotatable bonds is 28. The molecule has 0 aliphatic carbocycles. The van der Waals surface area contributed by atoms with Gasteiger partial charge in [-0.25, -0.2) is 0 Å². The van der Waals surface area contributed by atoms with Gasteiger partial charge in [-0.05, 0) is 64.2 Å². The lowest BCUT2D eigenvalue weighted by Gasteiger charge is -1.99. The van der Waals surface area contributed by atoms with Crippen LogP contribution in [0.1, 0.15) is 181 Å². The molecule has 0 heterocycles. The van der Waals surface area contributed by atoms with Gasteiger partial charge >= 0.3 is 5.97 Å². The number of carboxylic acids is 1. The first-order chi connectivity index (χ1) is 18.2. The van der Waals surface area contributed by atoms with Crippen molar-refractivity contribution in [2.45, 2.75) is 181 Å². The highest BCUT2D eigenvalue weighted by atomic mass is 16.4. The summed E-state index contributed by atoms with van der Waals surface area (Å²) in [5.41, 5.74) is 0. The molecule has 37 heavy (non-hydrogen) atoms. The maximum atomic E-state index is 10.3. The second-order valence-corrected chi connectivity index (χ2v) is 10.6. The molecule has 0 aromatic heterocycles. The van der Waals surface area contributed by atoms with E-state index in [4.69, 9.17) is 5.11 Å². The molecule has 0 saturated heterocycles. The van der Waals surface area contributed by atoms with E-state index < -0.39 is 5.97 Å². The minimum atomic E-state index is -0.664. The predicted octanol–water partition coefficient (Wildman–Crippen LogP) is 11.6. The van der Waals surface area contributed by atoms with Crippen LogP contribution in [0.3, 0.4) is 0 Å². The van der Waals surface area contributed by atoms with Crippen LogP contribution in [-0.4, -0.2) is 17.4 Å². The van der Waals surface area contributed by atoms with Crippen molar-refractivity contribution < 1.29 is 14.7 Å². The lowest BCUT2D eigenvalue weighted by Crippen LogP contribution is -1.93. The number of hydrogen-bond donors (Lipinski definition) is 1. The number of carboxylic acid groups (broad SMARTS) is 1. The van der Waals surface area contributed by atoms with Crippen LogP contribution in [0.25, 0.3) is 0 Å².